The van der Waals surface area contributed by atoms with Crippen molar-refractivity contribution in [3.63, 3.8) is 0 Å². The first kappa shape index (κ1) is 16.4. The molecule has 1 aliphatic carbocycles. The Balaban J connectivity index is 1.78. The van der Waals surface area contributed by atoms with Crippen LogP contribution < -0.4 is 15.8 Å². The number of carbonyl (C=O) groups is 1. The molecule has 1 aliphatic rings. The fourth-order valence-electron chi connectivity index (χ4n) is 3.27. The second kappa shape index (κ2) is 6.24. The lowest BCUT2D eigenvalue weighted by Gasteiger charge is -2.24. The molecule has 0 saturated heterocycles. The van der Waals surface area contributed by atoms with Crippen LogP contribution in [-0.4, -0.2) is 27.8 Å². The summed E-state index contributed by atoms with van der Waals surface area (Å²) in [5.41, 5.74) is 7.28. The van der Waals surface area contributed by atoms with Crippen LogP contribution in [0.15, 0.2) is 24.5 Å². The van der Waals surface area contributed by atoms with Crippen molar-refractivity contribution in [1.82, 2.24) is 20.1 Å². The Labute approximate surface area is 141 Å². The number of nitrogens with zero attached hydrogens (tertiary/aromatic N) is 3. The van der Waals surface area contributed by atoms with Crippen molar-refractivity contribution in [2.75, 3.05) is 7.11 Å². The fourth-order valence-corrected chi connectivity index (χ4v) is 3.27. The molecule has 128 valence electrons. The zero-order valence-corrected chi connectivity index (χ0v) is 14.2. The number of nitrogens with one attached hydrogen (secondary N) is 1. The standard InChI is InChI=1S/C17H23N5O2/c1-11(2)22-10-20-21-15(22)9-19-16(23)17(18)8-7-12-13(17)5-4-6-14(12)24-3/h4-6,10-11H,7-9,18H2,1-3H3,(H,19,23). The third-order valence-corrected chi connectivity index (χ3v) is 4.62. The van der Waals surface area contributed by atoms with Gasteiger partial charge in [-0.05, 0) is 43.9 Å². The Morgan fingerprint density at radius 2 is 2.29 bits per heavy atom. The van der Waals surface area contributed by atoms with Gasteiger partial charge in [0.1, 0.15) is 17.6 Å². The van der Waals surface area contributed by atoms with Crippen LogP contribution in [0.2, 0.25) is 0 Å². The highest BCUT2D eigenvalue weighted by Crippen LogP contribution is 2.39. The van der Waals surface area contributed by atoms with Crippen molar-refractivity contribution in [3.8, 4) is 5.75 Å². The van der Waals surface area contributed by atoms with E-state index in [4.69, 9.17) is 10.5 Å². The van der Waals surface area contributed by atoms with Crippen LogP contribution in [0.4, 0.5) is 0 Å². The SMILES string of the molecule is COc1cccc2c1CCC2(N)C(=O)NCc1nncn1C(C)C. The number of ether oxygens (including phenoxy) is 1. The van der Waals surface area contributed by atoms with Crippen LogP contribution >= 0.6 is 0 Å². The van der Waals surface area contributed by atoms with E-state index in [0.29, 0.717) is 18.8 Å². The number of amides is 1. The summed E-state index contributed by atoms with van der Waals surface area (Å²) in [6.45, 7) is 4.38. The number of fused-ring (bicyclic) bond motifs is 1. The van der Waals surface area contributed by atoms with Gasteiger partial charge in [-0.1, -0.05) is 12.1 Å². The minimum atomic E-state index is -1.04. The van der Waals surface area contributed by atoms with Gasteiger partial charge in [0.25, 0.3) is 0 Å². The molecule has 3 N–H and O–H groups in total. The predicted octanol–water partition coefficient (Wildman–Crippen LogP) is 1.28. The Kier molecular flexibility index (Phi) is 4.28. The molecule has 1 unspecified atom stereocenters. The van der Waals surface area contributed by atoms with Crippen molar-refractivity contribution < 1.29 is 9.53 Å². The minimum Gasteiger partial charge on any atom is -0.496 e. The van der Waals surface area contributed by atoms with Crippen LogP contribution in [-0.2, 0) is 23.3 Å². The van der Waals surface area contributed by atoms with Gasteiger partial charge in [-0.2, -0.15) is 0 Å². The summed E-state index contributed by atoms with van der Waals surface area (Å²) in [4.78, 5) is 12.8. The normalized spacial score (nSPS) is 19.4. The molecule has 0 bridgehead atoms. The Morgan fingerprint density at radius 1 is 1.50 bits per heavy atom. The molecule has 1 heterocycles. The van der Waals surface area contributed by atoms with E-state index in [1.165, 1.54) is 0 Å². The van der Waals surface area contributed by atoms with E-state index in [9.17, 15) is 4.79 Å². The number of methoxy groups -OCH3 is 1. The fraction of sp³-hybridized carbons (Fsp3) is 0.471. The van der Waals surface area contributed by atoms with Crippen LogP contribution in [0, 0.1) is 0 Å². The first-order valence-corrected chi connectivity index (χ1v) is 8.09. The smallest absolute Gasteiger partial charge is 0.245 e. The lowest BCUT2D eigenvalue weighted by molar-refractivity contribution is -0.126. The van der Waals surface area contributed by atoms with Crippen LogP contribution in [0.5, 0.6) is 5.75 Å². The quantitative estimate of drug-likeness (QED) is 0.862. The predicted molar refractivity (Wildman–Crippen MR) is 89.4 cm³/mol. The minimum absolute atomic E-state index is 0.201. The average molecular weight is 329 g/mol. The van der Waals surface area contributed by atoms with Gasteiger partial charge in [-0.3, -0.25) is 4.79 Å². The molecule has 2 aromatic rings. The number of rotatable bonds is 5. The van der Waals surface area contributed by atoms with Crippen LogP contribution in [0.3, 0.4) is 0 Å². The molecular weight excluding hydrogens is 306 g/mol. The zero-order chi connectivity index (χ0) is 17.3. The van der Waals surface area contributed by atoms with Crippen molar-refractivity contribution in [3.05, 3.63) is 41.5 Å². The highest BCUT2D eigenvalue weighted by atomic mass is 16.5. The third-order valence-electron chi connectivity index (χ3n) is 4.62. The van der Waals surface area contributed by atoms with Crippen LogP contribution in [0.1, 0.15) is 43.3 Å². The molecule has 0 fully saturated rings. The van der Waals surface area contributed by atoms with Crippen molar-refractivity contribution in [1.29, 1.82) is 0 Å². The average Bonchev–Trinajstić information content (AvgIpc) is 3.18. The number of hydrogen-bond donors (Lipinski definition) is 2. The monoisotopic (exact) mass is 329 g/mol. The second-order valence-electron chi connectivity index (χ2n) is 6.39. The Bertz CT molecular complexity index is 755. The Morgan fingerprint density at radius 3 is 3.00 bits per heavy atom. The van der Waals surface area contributed by atoms with E-state index >= 15 is 0 Å². The summed E-state index contributed by atoms with van der Waals surface area (Å²) in [5.74, 6) is 1.30. The molecule has 1 aromatic carbocycles. The lowest BCUT2D eigenvalue weighted by Crippen LogP contribution is -2.49. The number of aromatic nitrogens is 3. The van der Waals surface area contributed by atoms with E-state index in [1.54, 1.807) is 13.4 Å². The third kappa shape index (κ3) is 2.65. The molecule has 0 aliphatic heterocycles. The van der Waals surface area contributed by atoms with E-state index in [0.717, 1.165) is 23.3 Å². The highest BCUT2D eigenvalue weighted by molar-refractivity contribution is 5.89. The highest BCUT2D eigenvalue weighted by Gasteiger charge is 2.42. The first-order valence-electron chi connectivity index (χ1n) is 8.09. The summed E-state index contributed by atoms with van der Waals surface area (Å²) in [6.07, 6.45) is 2.96. The van der Waals surface area contributed by atoms with Gasteiger partial charge in [0.15, 0.2) is 5.82 Å². The molecule has 1 aromatic heterocycles. The van der Waals surface area contributed by atoms with E-state index in [2.05, 4.69) is 15.5 Å². The molecule has 1 atom stereocenters. The van der Waals surface area contributed by atoms with E-state index < -0.39 is 5.54 Å². The molecule has 0 saturated carbocycles. The van der Waals surface area contributed by atoms with E-state index in [1.807, 2.05) is 36.6 Å². The number of hydrogen-bond acceptors (Lipinski definition) is 5. The van der Waals surface area contributed by atoms with Crippen molar-refractivity contribution in [2.45, 2.75) is 44.8 Å². The van der Waals surface area contributed by atoms with Crippen molar-refractivity contribution >= 4 is 5.91 Å². The summed E-state index contributed by atoms with van der Waals surface area (Å²) in [5, 5.41) is 10.9. The molecule has 7 nitrogen and oxygen atoms in total. The van der Waals surface area contributed by atoms with Gasteiger partial charge in [0.2, 0.25) is 5.91 Å². The van der Waals surface area contributed by atoms with Gasteiger partial charge >= 0.3 is 0 Å². The number of carbonyl (C=O) groups excluding carboxylic acids is 1. The van der Waals surface area contributed by atoms with Crippen LogP contribution in [0.25, 0.3) is 0 Å². The summed E-state index contributed by atoms with van der Waals surface area (Å²) in [7, 11) is 1.63. The maximum absolute atomic E-state index is 12.8. The first-order chi connectivity index (χ1) is 11.5. The molecule has 0 radical (unpaired) electrons. The van der Waals surface area contributed by atoms with Crippen molar-refractivity contribution in [2.24, 2.45) is 5.73 Å². The molecule has 24 heavy (non-hydrogen) atoms. The molecular formula is C17H23N5O2. The largest absolute Gasteiger partial charge is 0.496 e. The maximum Gasteiger partial charge on any atom is 0.245 e. The summed E-state index contributed by atoms with van der Waals surface area (Å²) >= 11 is 0. The summed E-state index contributed by atoms with van der Waals surface area (Å²) < 4.78 is 7.31. The van der Waals surface area contributed by atoms with Gasteiger partial charge < -0.3 is 20.4 Å². The molecule has 7 heteroatoms. The lowest BCUT2D eigenvalue weighted by atomic mass is 9.92. The zero-order valence-electron chi connectivity index (χ0n) is 14.2. The number of benzene rings is 1. The van der Waals surface area contributed by atoms with Gasteiger partial charge in [0, 0.05) is 6.04 Å². The molecule has 1 amide bonds. The topological polar surface area (TPSA) is 95.1 Å². The Hall–Kier alpha value is -2.41. The van der Waals surface area contributed by atoms with Gasteiger partial charge in [-0.15, -0.1) is 10.2 Å². The van der Waals surface area contributed by atoms with Gasteiger partial charge in [0.05, 0.1) is 13.7 Å². The molecule has 0 spiro atoms. The summed E-state index contributed by atoms with van der Waals surface area (Å²) in [6, 6.07) is 5.90. The molecule has 3 rings (SSSR count). The van der Waals surface area contributed by atoms with Gasteiger partial charge in [-0.25, -0.2) is 0 Å². The second-order valence-corrected chi connectivity index (χ2v) is 6.39. The maximum atomic E-state index is 12.8. The number of nitrogens with two attached hydrogens (primary N) is 1. The van der Waals surface area contributed by atoms with E-state index in [-0.39, 0.29) is 11.9 Å².